The molecule has 17 heavy (non-hydrogen) atoms. The van der Waals surface area contributed by atoms with Crippen LogP contribution < -0.4 is 5.32 Å². The lowest BCUT2D eigenvalue weighted by molar-refractivity contribution is 0.305. The van der Waals surface area contributed by atoms with E-state index in [1.165, 1.54) is 29.2 Å². The molecule has 94 valence electrons. The van der Waals surface area contributed by atoms with Crippen LogP contribution in [0, 0.1) is 12.3 Å². The highest BCUT2D eigenvalue weighted by Gasteiger charge is 2.32. The molecule has 3 heteroatoms. The zero-order valence-electron chi connectivity index (χ0n) is 10.7. The fourth-order valence-corrected chi connectivity index (χ4v) is 4.08. The fourth-order valence-electron chi connectivity index (χ4n) is 2.11. The Balaban J connectivity index is 2.16. The van der Waals surface area contributed by atoms with Crippen LogP contribution in [-0.2, 0) is 0 Å². The average molecular weight is 314 g/mol. The topological polar surface area (TPSA) is 12.0 Å². The summed E-state index contributed by atoms with van der Waals surface area (Å²) in [5.41, 5.74) is 2.97. The second-order valence-corrected chi connectivity index (χ2v) is 7.54. The van der Waals surface area contributed by atoms with E-state index in [9.17, 15) is 0 Å². The number of hydrogen-bond donors (Lipinski definition) is 1. The van der Waals surface area contributed by atoms with Crippen LogP contribution >= 0.6 is 27.7 Å². The van der Waals surface area contributed by atoms with Gasteiger partial charge >= 0.3 is 0 Å². The first kappa shape index (κ1) is 13.3. The second-order valence-electron chi connectivity index (χ2n) is 5.47. The van der Waals surface area contributed by atoms with Crippen LogP contribution in [0.2, 0.25) is 0 Å². The van der Waals surface area contributed by atoms with Crippen LogP contribution in [0.4, 0.5) is 5.69 Å². The van der Waals surface area contributed by atoms with Gasteiger partial charge in [-0.05, 0) is 42.2 Å². The predicted octanol–water partition coefficient (Wildman–Crippen LogP) is 4.70. The summed E-state index contributed by atoms with van der Waals surface area (Å²) in [7, 11) is 0. The lowest BCUT2D eigenvalue weighted by Crippen LogP contribution is -2.41. The van der Waals surface area contributed by atoms with Crippen LogP contribution in [0.1, 0.15) is 25.8 Å². The molecule has 1 heterocycles. The van der Waals surface area contributed by atoms with Crippen molar-refractivity contribution in [2.45, 2.75) is 33.2 Å². The zero-order valence-corrected chi connectivity index (χ0v) is 13.1. The van der Waals surface area contributed by atoms with Crippen molar-refractivity contribution in [3.05, 3.63) is 28.2 Å². The molecule has 1 aromatic rings. The number of anilines is 1. The summed E-state index contributed by atoms with van der Waals surface area (Å²) in [6, 6.07) is 7.01. The minimum absolute atomic E-state index is 0.389. The SMILES string of the molecule is Cc1ccc(Br)cc1NC1CSCCC1(C)C. The van der Waals surface area contributed by atoms with Gasteiger partial charge in [0, 0.05) is 22.0 Å². The summed E-state index contributed by atoms with van der Waals surface area (Å²) in [5.74, 6) is 2.50. The smallest absolute Gasteiger partial charge is 0.0403 e. The summed E-state index contributed by atoms with van der Waals surface area (Å²) < 4.78 is 1.15. The Morgan fingerprint density at radius 3 is 2.88 bits per heavy atom. The lowest BCUT2D eigenvalue weighted by Gasteiger charge is -2.39. The van der Waals surface area contributed by atoms with Gasteiger partial charge in [0.15, 0.2) is 0 Å². The molecule has 1 unspecified atom stereocenters. The molecule has 1 N–H and O–H groups in total. The van der Waals surface area contributed by atoms with Crippen LogP contribution in [0.5, 0.6) is 0 Å². The van der Waals surface area contributed by atoms with Crippen molar-refractivity contribution in [3.63, 3.8) is 0 Å². The molecule has 0 radical (unpaired) electrons. The molecule has 1 aliphatic rings. The van der Waals surface area contributed by atoms with E-state index in [-0.39, 0.29) is 0 Å². The van der Waals surface area contributed by atoms with E-state index in [4.69, 9.17) is 0 Å². The normalized spacial score (nSPS) is 23.4. The molecule has 0 amide bonds. The number of thioether (sulfide) groups is 1. The van der Waals surface area contributed by atoms with Crippen molar-refractivity contribution < 1.29 is 0 Å². The van der Waals surface area contributed by atoms with E-state index in [1.54, 1.807) is 0 Å². The molecule has 0 saturated carbocycles. The van der Waals surface area contributed by atoms with Crippen LogP contribution in [-0.4, -0.2) is 17.5 Å². The first-order chi connectivity index (χ1) is 7.99. The molecule has 0 aromatic heterocycles. The lowest BCUT2D eigenvalue weighted by atomic mass is 9.82. The summed E-state index contributed by atoms with van der Waals surface area (Å²) in [5, 5.41) is 3.73. The van der Waals surface area contributed by atoms with E-state index in [0.29, 0.717) is 11.5 Å². The molecule has 0 aliphatic carbocycles. The number of benzene rings is 1. The Bertz CT molecular complexity index is 403. The minimum Gasteiger partial charge on any atom is -0.381 e. The Labute approximate surface area is 117 Å². The predicted molar refractivity (Wildman–Crippen MR) is 82.0 cm³/mol. The highest BCUT2D eigenvalue weighted by Crippen LogP contribution is 2.36. The van der Waals surface area contributed by atoms with Gasteiger partial charge in [-0.15, -0.1) is 0 Å². The van der Waals surface area contributed by atoms with Gasteiger partial charge in [0.05, 0.1) is 0 Å². The maximum absolute atomic E-state index is 3.73. The third-order valence-electron chi connectivity index (χ3n) is 3.65. The van der Waals surface area contributed by atoms with Crippen molar-refractivity contribution in [1.29, 1.82) is 0 Å². The summed E-state index contributed by atoms with van der Waals surface area (Å²) in [6.45, 7) is 6.91. The third-order valence-corrected chi connectivity index (χ3v) is 5.20. The Kier molecular flexibility index (Phi) is 4.09. The second kappa shape index (κ2) is 5.23. The molecule has 1 atom stereocenters. The number of rotatable bonds is 2. The van der Waals surface area contributed by atoms with E-state index in [2.05, 4.69) is 72.0 Å². The van der Waals surface area contributed by atoms with E-state index < -0.39 is 0 Å². The van der Waals surface area contributed by atoms with Crippen LogP contribution in [0.25, 0.3) is 0 Å². The monoisotopic (exact) mass is 313 g/mol. The molecule has 0 spiro atoms. The molecule has 0 bridgehead atoms. The van der Waals surface area contributed by atoms with Gasteiger partial charge in [0.25, 0.3) is 0 Å². The number of hydrogen-bond acceptors (Lipinski definition) is 2. The van der Waals surface area contributed by atoms with Crippen molar-refractivity contribution in [2.24, 2.45) is 5.41 Å². The first-order valence-corrected chi connectivity index (χ1v) is 8.04. The molecule has 2 rings (SSSR count). The standard InChI is InChI=1S/C14H20BrNS/c1-10-4-5-11(15)8-12(10)16-13-9-17-7-6-14(13,2)3/h4-5,8,13,16H,6-7,9H2,1-3H3. The van der Waals surface area contributed by atoms with Gasteiger partial charge in [-0.1, -0.05) is 35.8 Å². The van der Waals surface area contributed by atoms with Gasteiger partial charge in [-0.25, -0.2) is 0 Å². The van der Waals surface area contributed by atoms with E-state index in [1.807, 2.05) is 0 Å². The van der Waals surface area contributed by atoms with Gasteiger partial charge in [0.2, 0.25) is 0 Å². The van der Waals surface area contributed by atoms with Crippen molar-refractivity contribution in [1.82, 2.24) is 0 Å². The van der Waals surface area contributed by atoms with Gasteiger partial charge in [0.1, 0.15) is 0 Å². The fraction of sp³-hybridized carbons (Fsp3) is 0.571. The van der Waals surface area contributed by atoms with Crippen LogP contribution in [0.3, 0.4) is 0 Å². The third kappa shape index (κ3) is 3.19. The van der Waals surface area contributed by atoms with Crippen LogP contribution in [0.15, 0.2) is 22.7 Å². The molecule has 1 fully saturated rings. The van der Waals surface area contributed by atoms with Crippen molar-refractivity contribution in [3.8, 4) is 0 Å². The van der Waals surface area contributed by atoms with Gasteiger partial charge < -0.3 is 5.32 Å². The molecule has 1 aliphatic heterocycles. The molecular formula is C14H20BrNS. The number of nitrogens with one attached hydrogen (secondary N) is 1. The summed E-state index contributed by atoms with van der Waals surface area (Å²) in [4.78, 5) is 0. The maximum atomic E-state index is 3.73. The average Bonchev–Trinajstić information content (AvgIpc) is 2.26. The van der Waals surface area contributed by atoms with E-state index in [0.717, 1.165) is 4.47 Å². The van der Waals surface area contributed by atoms with Gasteiger partial charge in [-0.2, -0.15) is 11.8 Å². The Morgan fingerprint density at radius 2 is 2.18 bits per heavy atom. The highest BCUT2D eigenvalue weighted by molar-refractivity contribution is 9.10. The number of aryl methyl sites for hydroxylation is 1. The molecule has 1 saturated heterocycles. The molecule has 1 aromatic carbocycles. The van der Waals surface area contributed by atoms with Crippen molar-refractivity contribution >= 4 is 33.4 Å². The first-order valence-electron chi connectivity index (χ1n) is 6.09. The number of halogens is 1. The quantitative estimate of drug-likeness (QED) is 0.849. The van der Waals surface area contributed by atoms with Gasteiger partial charge in [-0.3, -0.25) is 0 Å². The van der Waals surface area contributed by atoms with E-state index >= 15 is 0 Å². The summed E-state index contributed by atoms with van der Waals surface area (Å²) in [6.07, 6.45) is 1.29. The molecule has 1 nitrogen and oxygen atoms in total. The Hall–Kier alpha value is -0.150. The minimum atomic E-state index is 0.389. The maximum Gasteiger partial charge on any atom is 0.0403 e. The van der Waals surface area contributed by atoms with Crippen molar-refractivity contribution in [2.75, 3.05) is 16.8 Å². The largest absolute Gasteiger partial charge is 0.381 e. The zero-order chi connectivity index (χ0) is 12.5. The summed E-state index contributed by atoms with van der Waals surface area (Å²) >= 11 is 5.60. The Morgan fingerprint density at radius 1 is 1.41 bits per heavy atom. The molecular weight excluding hydrogens is 294 g/mol. The highest BCUT2D eigenvalue weighted by atomic mass is 79.9.